The lowest BCUT2D eigenvalue weighted by Gasteiger charge is -2.35. The predicted molar refractivity (Wildman–Crippen MR) is 292 cm³/mol. The Morgan fingerprint density at radius 1 is 0.391 bits per heavy atom. The van der Waals surface area contributed by atoms with Gasteiger partial charge in [-0.15, -0.1) is 0 Å². The number of fused-ring (bicyclic) bond motifs is 4. The molecule has 10 aromatic carbocycles. The van der Waals surface area contributed by atoms with Crippen molar-refractivity contribution in [2.75, 3.05) is 4.90 Å². The van der Waals surface area contributed by atoms with Crippen LogP contribution in [-0.4, -0.2) is 0 Å². The van der Waals surface area contributed by atoms with E-state index in [9.17, 15) is 0 Å². The molecule has 0 atom stereocenters. The van der Waals surface area contributed by atoms with Crippen LogP contribution in [0.3, 0.4) is 0 Å². The van der Waals surface area contributed by atoms with Crippen LogP contribution in [0.4, 0.5) is 17.1 Å². The van der Waals surface area contributed by atoms with E-state index in [1.807, 2.05) is 0 Å². The van der Waals surface area contributed by atoms with Gasteiger partial charge in [0.05, 0.1) is 5.41 Å². The number of benzene rings is 10. The fourth-order valence-electron chi connectivity index (χ4n) is 11.9. The molecule has 0 aliphatic heterocycles. The normalized spacial score (nSPS) is 14.1. The third-order valence-electron chi connectivity index (χ3n) is 15.3. The first-order valence-electron chi connectivity index (χ1n) is 25.1. The first-order chi connectivity index (χ1) is 34.0. The van der Waals surface area contributed by atoms with Crippen LogP contribution in [0.2, 0.25) is 0 Å². The van der Waals surface area contributed by atoms with Gasteiger partial charge < -0.3 is 4.90 Å². The number of anilines is 3. The van der Waals surface area contributed by atoms with Crippen molar-refractivity contribution in [2.45, 2.75) is 63.2 Å². The maximum absolute atomic E-state index is 2.50. The van der Waals surface area contributed by atoms with Gasteiger partial charge in [0.15, 0.2) is 0 Å². The third kappa shape index (κ3) is 7.58. The average Bonchev–Trinajstić information content (AvgIpc) is 3.72. The van der Waals surface area contributed by atoms with Crippen LogP contribution in [0.25, 0.3) is 55.3 Å². The summed E-state index contributed by atoms with van der Waals surface area (Å²) in [5.74, 6) is 1.05. The molecule has 1 saturated carbocycles. The molecule has 0 amide bonds. The monoisotopic (exact) mass is 887 g/mol. The summed E-state index contributed by atoms with van der Waals surface area (Å²) in [5, 5.41) is 2.48. The molecule has 2 aliphatic carbocycles. The lowest BCUT2D eigenvalue weighted by Crippen LogP contribution is -2.28. The molecule has 0 N–H and O–H groups in total. The minimum atomic E-state index is -0.527. The Morgan fingerprint density at radius 2 is 0.884 bits per heavy atom. The smallest absolute Gasteiger partial charge is 0.0714 e. The zero-order valence-corrected chi connectivity index (χ0v) is 39.7. The topological polar surface area (TPSA) is 3.24 Å². The second-order valence-electron chi connectivity index (χ2n) is 19.6. The van der Waals surface area contributed by atoms with E-state index in [-0.39, 0.29) is 0 Å². The van der Waals surface area contributed by atoms with E-state index in [1.54, 1.807) is 0 Å². The fourth-order valence-corrected chi connectivity index (χ4v) is 11.9. The van der Waals surface area contributed by atoms with E-state index in [1.165, 1.54) is 121 Å². The largest absolute Gasteiger partial charge is 0.310 e. The van der Waals surface area contributed by atoms with E-state index in [0.717, 1.165) is 17.1 Å². The molecule has 12 rings (SSSR count). The molecule has 0 bridgehead atoms. The molecule has 0 spiro atoms. The summed E-state index contributed by atoms with van der Waals surface area (Å²) in [6.07, 6.45) is 6.70. The van der Waals surface area contributed by atoms with Crippen molar-refractivity contribution < 1.29 is 0 Å². The van der Waals surface area contributed by atoms with Crippen LogP contribution in [0, 0.1) is 0 Å². The second kappa shape index (κ2) is 18.1. The SMILES string of the molecule is CC(C)c1cccc2c1-c1ccc(N(c3ccc(-c4ccc(C5CCCCC5)cc4)cc3)c3ccc(-c4cc5ccccc5cc4-c4ccccc4)cc3)cc1C2(c1ccccc1)c1ccccc1. The molecular formula is C68H57N. The standard InChI is InChI=1S/C68H57N/c1-47(2)61-28-17-29-65-67(61)62-43-42-60(46-66(62)68(65,56-24-11-5-12-25-56)57-26-13-6-14-27-57)69(58-38-34-51(35-39-58)50-32-30-49(31-33-50)48-18-7-3-8-19-48)59-40-36-53(37-41-59)64-45-55-23-16-15-22-54(55)44-63(64)52-20-9-4-10-21-52/h4-6,9-17,20-48H,3,7-8,18-19H2,1-2H3. The number of hydrogen-bond acceptors (Lipinski definition) is 1. The maximum Gasteiger partial charge on any atom is 0.0714 e. The third-order valence-corrected chi connectivity index (χ3v) is 15.3. The highest BCUT2D eigenvalue weighted by molar-refractivity contribution is 5.97. The Hall–Kier alpha value is -7.74. The van der Waals surface area contributed by atoms with Crippen LogP contribution in [-0.2, 0) is 5.41 Å². The lowest BCUT2D eigenvalue weighted by atomic mass is 9.67. The molecule has 0 saturated heterocycles. The van der Waals surface area contributed by atoms with Crippen LogP contribution in [0.5, 0.6) is 0 Å². The van der Waals surface area contributed by atoms with Crippen LogP contribution in [0.15, 0.2) is 237 Å². The van der Waals surface area contributed by atoms with Gasteiger partial charge in [-0.3, -0.25) is 0 Å². The van der Waals surface area contributed by atoms with Gasteiger partial charge in [0.1, 0.15) is 0 Å². The second-order valence-corrected chi connectivity index (χ2v) is 19.6. The van der Waals surface area contributed by atoms with Crippen molar-refractivity contribution in [3.05, 3.63) is 270 Å². The van der Waals surface area contributed by atoms with Crippen LogP contribution < -0.4 is 4.90 Å². The van der Waals surface area contributed by atoms with Gasteiger partial charge in [-0.1, -0.05) is 221 Å². The molecule has 0 aromatic heterocycles. The highest BCUT2D eigenvalue weighted by Crippen LogP contribution is 2.59. The minimum absolute atomic E-state index is 0.358. The molecule has 0 unspecified atom stereocenters. The van der Waals surface area contributed by atoms with Gasteiger partial charge in [0.2, 0.25) is 0 Å². The summed E-state index contributed by atoms with van der Waals surface area (Å²) in [4.78, 5) is 2.46. The Kier molecular flexibility index (Phi) is 11.1. The summed E-state index contributed by atoms with van der Waals surface area (Å²) in [7, 11) is 0. The van der Waals surface area contributed by atoms with Crippen molar-refractivity contribution in [3.8, 4) is 44.5 Å². The summed E-state index contributed by atoms with van der Waals surface area (Å²) in [5.41, 5.74) is 20.9. The van der Waals surface area contributed by atoms with Gasteiger partial charge >= 0.3 is 0 Å². The van der Waals surface area contributed by atoms with Crippen molar-refractivity contribution in [3.63, 3.8) is 0 Å². The van der Waals surface area contributed by atoms with E-state index in [2.05, 4.69) is 255 Å². The van der Waals surface area contributed by atoms with Gasteiger partial charge in [0.25, 0.3) is 0 Å². The molecule has 334 valence electrons. The molecule has 0 radical (unpaired) electrons. The lowest BCUT2D eigenvalue weighted by molar-refractivity contribution is 0.443. The van der Waals surface area contributed by atoms with Gasteiger partial charge in [-0.2, -0.15) is 0 Å². The number of rotatable bonds is 10. The molecule has 69 heavy (non-hydrogen) atoms. The minimum Gasteiger partial charge on any atom is -0.310 e. The molecule has 10 aromatic rings. The Morgan fingerprint density at radius 3 is 1.45 bits per heavy atom. The summed E-state index contributed by atoms with van der Waals surface area (Å²) < 4.78 is 0. The van der Waals surface area contributed by atoms with Crippen molar-refractivity contribution >= 4 is 27.8 Å². The Labute approximate surface area is 408 Å². The van der Waals surface area contributed by atoms with Crippen molar-refractivity contribution in [1.29, 1.82) is 0 Å². The zero-order valence-electron chi connectivity index (χ0n) is 39.7. The quantitative estimate of drug-likeness (QED) is 0.132. The van der Waals surface area contributed by atoms with Gasteiger partial charge in [-0.25, -0.2) is 0 Å². The summed E-state index contributed by atoms with van der Waals surface area (Å²) in [6.45, 7) is 4.66. The fraction of sp³-hybridized carbons (Fsp3) is 0.147. The van der Waals surface area contributed by atoms with E-state index < -0.39 is 5.41 Å². The maximum atomic E-state index is 2.50. The highest BCUT2D eigenvalue weighted by Gasteiger charge is 2.47. The predicted octanol–water partition coefficient (Wildman–Crippen LogP) is 18.8. The van der Waals surface area contributed by atoms with E-state index in [4.69, 9.17) is 0 Å². The molecule has 1 heteroatoms. The number of hydrogen-bond donors (Lipinski definition) is 0. The summed E-state index contributed by atoms with van der Waals surface area (Å²) in [6, 6.07) is 88.8. The summed E-state index contributed by atoms with van der Waals surface area (Å²) >= 11 is 0. The van der Waals surface area contributed by atoms with Crippen molar-refractivity contribution in [1.82, 2.24) is 0 Å². The van der Waals surface area contributed by atoms with Crippen molar-refractivity contribution in [2.24, 2.45) is 0 Å². The van der Waals surface area contributed by atoms with Gasteiger partial charge in [-0.05, 0) is 162 Å². The molecule has 0 heterocycles. The van der Waals surface area contributed by atoms with Crippen LogP contribution >= 0.6 is 0 Å². The number of nitrogens with zero attached hydrogens (tertiary/aromatic N) is 1. The van der Waals surface area contributed by atoms with E-state index in [0.29, 0.717) is 11.8 Å². The molecule has 1 nitrogen and oxygen atoms in total. The first kappa shape index (κ1) is 42.6. The molecule has 2 aliphatic rings. The Bertz CT molecular complexity index is 3360. The van der Waals surface area contributed by atoms with Gasteiger partial charge in [0, 0.05) is 17.1 Å². The van der Waals surface area contributed by atoms with Crippen LogP contribution in [0.1, 0.15) is 91.2 Å². The molecule has 1 fully saturated rings. The average molecular weight is 888 g/mol. The Balaban J connectivity index is 1.03. The zero-order chi connectivity index (χ0) is 46.3. The highest BCUT2D eigenvalue weighted by atomic mass is 15.1. The first-order valence-corrected chi connectivity index (χ1v) is 25.1. The van der Waals surface area contributed by atoms with E-state index >= 15 is 0 Å². The molecular weight excluding hydrogens is 831 g/mol.